The molecule has 2 amide bonds. The van der Waals surface area contributed by atoms with E-state index >= 15 is 0 Å². The minimum absolute atomic E-state index is 0.201. The maximum atomic E-state index is 12.1. The van der Waals surface area contributed by atoms with Gasteiger partial charge in [0, 0.05) is 22.5 Å². The van der Waals surface area contributed by atoms with Crippen LogP contribution in [0.4, 0.5) is 11.4 Å². The van der Waals surface area contributed by atoms with Crippen LogP contribution < -0.4 is 15.4 Å². The Hall–Kier alpha value is -2.24. The number of hydrogen-bond acceptors (Lipinski definition) is 3. The molecule has 0 aliphatic rings. The van der Waals surface area contributed by atoms with E-state index in [4.69, 9.17) is 27.9 Å². The molecular formula is C17H16Cl2N2O3. The summed E-state index contributed by atoms with van der Waals surface area (Å²) < 4.78 is 5.49. The van der Waals surface area contributed by atoms with Crippen LogP contribution in [0.3, 0.4) is 0 Å². The van der Waals surface area contributed by atoms with Crippen LogP contribution in [0.1, 0.15) is 12.5 Å². The molecule has 7 heteroatoms. The SMILES string of the molecule is CC(=O)Nc1ccc(Cl)cc1NC(=O)COc1cccc(Cl)c1C. The standard InChI is InChI=1S/C17H16Cl2N2O3/c1-10-13(19)4-3-5-16(10)24-9-17(23)21-15-8-12(18)6-7-14(15)20-11(2)22/h3-8H,9H2,1-2H3,(H,20,22)(H,21,23). The van der Waals surface area contributed by atoms with E-state index in [1.165, 1.54) is 6.92 Å². The van der Waals surface area contributed by atoms with Gasteiger partial charge in [0.1, 0.15) is 5.75 Å². The number of amides is 2. The van der Waals surface area contributed by atoms with Gasteiger partial charge in [-0.2, -0.15) is 0 Å². The second kappa shape index (κ2) is 8.04. The van der Waals surface area contributed by atoms with Crippen molar-refractivity contribution in [3.8, 4) is 5.75 Å². The Morgan fingerprint density at radius 1 is 1.08 bits per heavy atom. The van der Waals surface area contributed by atoms with E-state index in [1.54, 1.807) is 43.3 Å². The fourth-order valence-electron chi connectivity index (χ4n) is 1.99. The monoisotopic (exact) mass is 366 g/mol. The van der Waals surface area contributed by atoms with Gasteiger partial charge in [-0.3, -0.25) is 9.59 Å². The zero-order valence-electron chi connectivity index (χ0n) is 13.2. The van der Waals surface area contributed by atoms with Crippen LogP contribution >= 0.6 is 23.2 Å². The Balaban J connectivity index is 2.05. The van der Waals surface area contributed by atoms with Crippen molar-refractivity contribution in [2.45, 2.75) is 13.8 Å². The average molecular weight is 367 g/mol. The first-order chi connectivity index (χ1) is 11.4. The van der Waals surface area contributed by atoms with Crippen molar-refractivity contribution in [2.24, 2.45) is 0 Å². The highest BCUT2D eigenvalue weighted by atomic mass is 35.5. The number of anilines is 2. The zero-order chi connectivity index (χ0) is 17.7. The van der Waals surface area contributed by atoms with Crippen LogP contribution in [0.2, 0.25) is 10.0 Å². The van der Waals surface area contributed by atoms with E-state index in [-0.39, 0.29) is 18.4 Å². The number of halogens is 2. The van der Waals surface area contributed by atoms with E-state index in [0.717, 1.165) is 5.56 Å². The predicted molar refractivity (Wildman–Crippen MR) is 96.1 cm³/mol. The quantitative estimate of drug-likeness (QED) is 0.829. The van der Waals surface area contributed by atoms with Crippen molar-refractivity contribution in [3.05, 3.63) is 52.0 Å². The molecule has 0 saturated carbocycles. The summed E-state index contributed by atoms with van der Waals surface area (Å²) in [4.78, 5) is 23.3. The van der Waals surface area contributed by atoms with Gasteiger partial charge in [-0.25, -0.2) is 0 Å². The van der Waals surface area contributed by atoms with Crippen LogP contribution in [-0.2, 0) is 9.59 Å². The molecule has 2 N–H and O–H groups in total. The normalized spacial score (nSPS) is 10.2. The first kappa shape index (κ1) is 18.1. The van der Waals surface area contributed by atoms with Crippen molar-refractivity contribution in [1.29, 1.82) is 0 Å². The molecule has 0 aromatic heterocycles. The summed E-state index contributed by atoms with van der Waals surface area (Å²) >= 11 is 11.9. The molecule has 0 radical (unpaired) electrons. The van der Waals surface area contributed by atoms with Crippen LogP contribution in [0.5, 0.6) is 5.75 Å². The van der Waals surface area contributed by atoms with Gasteiger partial charge in [0.05, 0.1) is 11.4 Å². The third kappa shape index (κ3) is 4.88. The fourth-order valence-corrected chi connectivity index (χ4v) is 2.33. The van der Waals surface area contributed by atoms with Crippen LogP contribution in [-0.4, -0.2) is 18.4 Å². The second-order valence-corrected chi connectivity index (χ2v) is 5.91. The Morgan fingerprint density at radius 2 is 1.83 bits per heavy atom. The van der Waals surface area contributed by atoms with Crippen molar-refractivity contribution in [1.82, 2.24) is 0 Å². The van der Waals surface area contributed by atoms with Crippen LogP contribution in [0, 0.1) is 6.92 Å². The average Bonchev–Trinajstić information content (AvgIpc) is 2.51. The Bertz CT molecular complexity index is 778. The van der Waals surface area contributed by atoms with E-state index in [2.05, 4.69) is 10.6 Å². The zero-order valence-corrected chi connectivity index (χ0v) is 14.7. The number of carbonyl (C=O) groups excluding carboxylic acids is 2. The molecule has 126 valence electrons. The lowest BCUT2D eigenvalue weighted by Crippen LogP contribution is -2.21. The lowest BCUT2D eigenvalue weighted by Gasteiger charge is -2.13. The van der Waals surface area contributed by atoms with Crippen LogP contribution in [0.25, 0.3) is 0 Å². The van der Waals surface area contributed by atoms with E-state index < -0.39 is 0 Å². The first-order valence-electron chi connectivity index (χ1n) is 7.11. The molecule has 0 unspecified atom stereocenters. The van der Waals surface area contributed by atoms with E-state index in [0.29, 0.717) is 27.2 Å². The third-order valence-corrected chi connectivity index (χ3v) is 3.79. The van der Waals surface area contributed by atoms with Gasteiger partial charge in [-0.05, 0) is 37.3 Å². The Kier molecular flexibility index (Phi) is 6.06. The molecule has 0 atom stereocenters. The molecule has 0 spiro atoms. The lowest BCUT2D eigenvalue weighted by atomic mass is 10.2. The summed E-state index contributed by atoms with van der Waals surface area (Å²) in [7, 11) is 0. The van der Waals surface area contributed by atoms with Gasteiger partial charge in [0.15, 0.2) is 6.61 Å². The summed E-state index contributed by atoms with van der Waals surface area (Å²) in [6, 6.07) is 10.0. The molecule has 2 aromatic carbocycles. The smallest absolute Gasteiger partial charge is 0.262 e. The van der Waals surface area contributed by atoms with Gasteiger partial charge < -0.3 is 15.4 Å². The molecule has 0 aliphatic heterocycles. The molecule has 0 fully saturated rings. The molecule has 0 saturated heterocycles. The van der Waals surface area contributed by atoms with Gasteiger partial charge in [-0.1, -0.05) is 29.3 Å². The number of carbonyl (C=O) groups is 2. The minimum Gasteiger partial charge on any atom is -0.483 e. The highest BCUT2D eigenvalue weighted by Gasteiger charge is 2.11. The number of benzene rings is 2. The second-order valence-electron chi connectivity index (χ2n) is 5.07. The fraction of sp³-hybridized carbons (Fsp3) is 0.176. The lowest BCUT2D eigenvalue weighted by molar-refractivity contribution is -0.118. The van der Waals surface area contributed by atoms with Crippen molar-refractivity contribution < 1.29 is 14.3 Å². The Morgan fingerprint density at radius 3 is 2.54 bits per heavy atom. The number of hydrogen-bond donors (Lipinski definition) is 2. The maximum Gasteiger partial charge on any atom is 0.262 e. The summed E-state index contributed by atoms with van der Waals surface area (Å²) in [6.45, 7) is 2.99. The number of rotatable bonds is 5. The third-order valence-electron chi connectivity index (χ3n) is 3.14. The topological polar surface area (TPSA) is 67.4 Å². The highest BCUT2D eigenvalue weighted by Crippen LogP contribution is 2.27. The summed E-state index contributed by atoms with van der Waals surface area (Å²) in [6.07, 6.45) is 0. The van der Waals surface area contributed by atoms with Crippen molar-refractivity contribution >= 4 is 46.4 Å². The van der Waals surface area contributed by atoms with E-state index in [9.17, 15) is 9.59 Å². The Labute approximate surface area is 149 Å². The molecule has 2 aromatic rings. The predicted octanol–water partition coefficient (Wildman–Crippen LogP) is 4.28. The van der Waals surface area contributed by atoms with Gasteiger partial charge in [0.25, 0.3) is 5.91 Å². The van der Waals surface area contributed by atoms with Gasteiger partial charge >= 0.3 is 0 Å². The molecule has 0 bridgehead atoms. The number of ether oxygens (including phenoxy) is 1. The molecule has 0 heterocycles. The molecule has 0 aliphatic carbocycles. The van der Waals surface area contributed by atoms with Gasteiger partial charge in [-0.15, -0.1) is 0 Å². The van der Waals surface area contributed by atoms with Gasteiger partial charge in [0.2, 0.25) is 5.91 Å². The first-order valence-corrected chi connectivity index (χ1v) is 7.87. The molecular weight excluding hydrogens is 351 g/mol. The largest absolute Gasteiger partial charge is 0.483 e. The molecule has 24 heavy (non-hydrogen) atoms. The van der Waals surface area contributed by atoms with Crippen molar-refractivity contribution in [3.63, 3.8) is 0 Å². The highest BCUT2D eigenvalue weighted by molar-refractivity contribution is 6.31. The van der Waals surface area contributed by atoms with E-state index in [1.807, 2.05) is 0 Å². The minimum atomic E-state index is -0.386. The number of nitrogens with one attached hydrogen (secondary N) is 2. The summed E-state index contributed by atoms with van der Waals surface area (Å²) in [5.74, 6) is -0.104. The summed E-state index contributed by atoms with van der Waals surface area (Å²) in [5, 5.41) is 6.29. The maximum absolute atomic E-state index is 12.1. The van der Waals surface area contributed by atoms with Crippen LogP contribution in [0.15, 0.2) is 36.4 Å². The molecule has 2 rings (SSSR count). The summed E-state index contributed by atoms with van der Waals surface area (Å²) in [5.41, 5.74) is 1.61. The molecule has 5 nitrogen and oxygen atoms in total. The van der Waals surface area contributed by atoms with Crippen molar-refractivity contribution in [2.75, 3.05) is 17.2 Å².